The van der Waals surface area contributed by atoms with Crippen molar-refractivity contribution >= 4 is 5.96 Å². The smallest absolute Gasteiger partial charge is 0.191 e. The molecule has 3 rings (SSSR count). The van der Waals surface area contributed by atoms with Gasteiger partial charge in [0.1, 0.15) is 0 Å². The molecule has 0 bridgehead atoms. The van der Waals surface area contributed by atoms with Crippen molar-refractivity contribution in [2.24, 2.45) is 4.99 Å². The summed E-state index contributed by atoms with van der Waals surface area (Å²) in [7, 11) is 1.84. The van der Waals surface area contributed by atoms with E-state index >= 15 is 0 Å². The summed E-state index contributed by atoms with van der Waals surface area (Å²) in [6.07, 6.45) is 8.64. The minimum atomic E-state index is 0.506. The van der Waals surface area contributed by atoms with E-state index in [0.29, 0.717) is 12.6 Å². The van der Waals surface area contributed by atoms with Crippen LogP contribution in [0.5, 0.6) is 0 Å². The molecule has 0 aromatic carbocycles. The maximum Gasteiger partial charge on any atom is 0.191 e. The molecule has 5 nitrogen and oxygen atoms in total. The Balaban J connectivity index is 1.47. The zero-order chi connectivity index (χ0) is 16.1. The molecule has 23 heavy (non-hydrogen) atoms. The highest BCUT2D eigenvalue weighted by atomic mass is 15.3. The van der Waals surface area contributed by atoms with Gasteiger partial charge in [0.25, 0.3) is 0 Å². The van der Waals surface area contributed by atoms with Crippen molar-refractivity contribution in [3.63, 3.8) is 0 Å². The summed E-state index contributed by atoms with van der Waals surface area (Å²) >= 11 is 0. The second-order valence-electron chi connectivity index (χ2n) is 6.76. The quantitative estimate of drug-likeness (QED) is 0.660. The first-order chi connectivity index (χ1) is 11.3. The van der Waals surface area contributed by atoms with Gasteiger partial charge in [-0.1, -0.05) is 18.9 Å². The Morgan fingerprint density at radius 3 is 2.91 bits per heavy atom. The summed E-state index contributed by atoms with van der Waals surface area (Å²) in [6, 6.07) is 5.40. The number of aliphatic imine (C=N–C) groups is 1. The van der Waals surface area contributed by atoms with E-state index in [4.69, 9.17) is 0 Å². The van der Waals surface area contributed by atoms with E-state index < -0.39 is 0 Å². The van der Waals surface area contributed by atoms with Gasteiger partial charge < -0.3 is 10.6 Å². The molecule has 1 saturated carbocycles. The van der Waals surface area contributed by atoms with E-state index in [1.54, 1.807) is 0 Å². The third kappa shape index (κ3) is 4.22. The predicted octanol–water partition coefficient (Wildman–Crippen LogP) is 2.07. The van der Waals surface area contributed by atoms with Crippen molar-refractivity contribution in [1.29, 1.82) is 0 Å². The van der Waals surface area contributed by atoms with Crippen LogP contribution in [0.15, 0.2) is 23.3 Å². The number of hydrogen-bond acceptors (Lipinski definition) is 3. The molecule has 126 valence electrons. The highest BCUT2D eigenvalue weighted by Gasteiger charge is 2.30. The van der Waals surface area contributed by atoms with Crippen molar-refractivity contribution in [2.45, 2.75) is 57.7 Å². The average molecular weight is 315 g/mol. The van der Waals surface area contributed by atoms with Crippen molar-refractivity contribution in [2.75, 3.05) is 20.1 Å². The molecule has 2 heterocycles. The summed E-state index contributed by atoms with van der Waals surface area (Å²) in [6.45, 7) is 5.18. The van der Waals surface area contributed by atoms with Crippen molar-refractivity contribution < 1.29 is 0 Å². The zero-order valence-corrected chi connectivity index (χ0v) is 14.4. The highest BCUT2D eigenvalue weighted by molar-refractivity contribution is 5.80. The monoisotopic (exact) mass is 315 g/mol. The highest BCUT2D eigenvalue weighted by Crippen LogP contribution is 2.26. The lowest BCUT2D eigenvalue weighted by atomic mass is 10.2. The maximum atomic E-state index is 4.43. The molecule has 0 spiro atoms. The molecule has 0 amide bonds. The number of hydrogen-bond donors (Lipinski definition) is 2. The molecule has 1 atom stereocenters. The number of nitrogens with zero attached hydrogens (tertiary/aromatic N) is 3. The fraction of sp³-hybridized carbons (Fsp3) is 0.667. The second kappa shape index (κ2) is 7.77. The number of rotatable bonds is 4. The summed E-state index contributed by atoms with van der Waals surface area (Å²) in [5, 5.41) is 6.97. The van der Waals surface area contributed by atoms with E-state index in [9.17, 15) is 0 Å². The fourth-order valence-electron chi connectivity index (χ4n) is 3.77. The standard InChI is InChI=1S/C18H29N5/c1-14-6-5-10-20-17(14)12-21-18(19-2)22-15-9-11-23(13-15)16-7-3-4-8-16/h5-6,10,15-16H,3-4,7-9,11-13H2,1-2H3,(H2,19,21,22). The van der Waals surface area contributed by atoms with Crippen molar-refractivity contribution in [3.05, 3.63) is 29.6 Å². The van der Waals surface area contributed by atoms with Crippen LogP contribution in [0, 0.1) is 6.92 Å². The van der Waals surface area contributed by atoms with Gasteiger partial charge in [0.2, 0.25) is 0 Å². The number of aryl methyl sites for hydroxylation is 1. The van der Waals surface area contributed by atoms with Crippen LogP contribution in [0.4, 0.5) is 0 Å². The largest absolute Gasteiger partial charge is 0.352 e. The Morgan fingerprint density at radius 2 is 2.17 bits per heavy atom. The SMILES string of the molecule is CN=C(NCc1ncccc1C)NC1CCN(C2CCCC2)C1. The van der Waals surface area contributed by atoms with Crippen LogP contribution in [-0.4, -0.2) is 48.1 Å². The second-order valence-corrected chi connectivity index (χ2v) is 6.76. The third-order valence-electron chi connectivity index (χ3n) is 5.17. The Kier molecular flexibility index (Phi) is 5.49. The fourth-order valence-corrected chi connectivity index (χ4v) is 3.77. The third-order valence-corrected chi connectivity index (χ3v) is 5.17. The van der Waals surface area contributed by atoms with Gasteiger partial charge in [-0.2, -0.15) is 0 Å². The Labute approximate surface area is 139 Å². The van der Waals surface area contributed by atoms with E-state index in [-0.39, 0.29) is 0 Å². The first-order valence-electron chi connectivity index (χ1n) is 8.88. The average Bonchev–Trinajstić information content (AvgIpc) is 3.24. The molecule has 1 aliphatic heterocycles. The van der Waals surface area contributed by atoms with Crippen LogP contribution in [0.2, 0.25) is 0 Å². The molecule has 1 unspecified atom stereocenters. The van der Waals surface area contributed by atoms with Crippen molar-refractivity contribution in [3.8, 4) is 0 Å². The van der Waals surface area contributed by atoms with Crippen LogP contribution < -0.4 is 10.6 Å². The summed E-state index contributed by atoms with van der Waals surface area (Å²) < 4.78 is 0. The van der Waals surface area contributed by atoms with Crippen LogP contribution >= 0.6 is 0 Å². The van der Waals surface area contributed by atoms with Crippen LogP contribution in [0.3, 0.4) is 0 Å². The first-order valence-corrected chi connectivity index (χ1v) is 8.88. The van der Waals surface area contributed by atoms with E-state index in [1.807, 2.05) is 19.3 Å². The van der Waals surface area contributed by atoms with E-state index in [2.05, 4.69) is 38.5 Å². The lowest BCUT2D eigenvalue weighted by molar-refractivity contribution is 0.242. The molecular formula is C18H29N5. The molecule has 1 aromatic rings. The normalized spacial score (nSPS) is 23.4. The lowest BCUT2D eigenvalue weighted by Gasteiger charge is -2.24. The molecule has 1 aliphatic carbocycles. The van der Waals surface area contributed by atoms with Gasteiger partial charge in [0, 0.05) is 38.4 Å². The van der Waals surface area contributed by atoms with Gasteiger partial charge in [-0.15, -0.1) is 0 Å². The van der Waals surface area contributed by atoms with Gasteiger partial charge in [-0.05, 0) is 37.8 Å². The van der Waals surface area contributed by atoms with Crippen LogP contribution in [0.1, 0.15) is 43.4 Å². The minimum Gasteiger partial charge on any atom is -0.352 e. The van der Waals surface area contributed by atoms with E-state index in [1.165, 1.54) is 44.2 Å². The topological polar surface area (TPSA) is 52.6 Å². The predicted molar refractivity (Wildman–Crippen MR) is 94.5 cm³/mol. The number of guanidine groups is 1. The van der Waals surface area contributed by atoms with Crippen LogP contribution in [-0.2, 0) is 6.54 Å². The Bertz CT molecular complexity index is 536. The Hall–Kier alpha value is -1.62. The molecule has 1 aromatic heterocycles. The minimum absolute atomic E-state index is 0.506. The zero-order valence-electron chi connectivity index (χ0n) is 14.4. The molecular weight excluding hydrogens is 286 g/mol. The number of aromatic nitrogens is 1. The van der Waals surface area contributed by atoms with Crippen molar-refractivity contribution in [1.82, 2.24) is 20.5 Å². The van der Waals surface area contributed by atoms with Gasteiger partial charge in [0.05, 0.1) is 12.2 Å². The first kappa shape index (κ1) is 16.2. The molecule has 0 radical (unpaired) electrons. The maximum absolute atomic E-state index is 4.43. The number of likely N-dealkylation sites (tertiary alicyclic amines) is 1. The molecule has 1 saturated heterocycles. The summed E-state index contributed by atoms with van der Waals surface area (Å²) in [4.78, 5) is 11.5. The van der Waals surface area contributed by atoms with Gasteiger partial charge in [0.15, 0.2) is 5.96 Å². The van der Waals surface area contributed by atoms with Crippen LogP contribution in [0.25, 0.3) is 0 Å². The molecule has 2 N–H and O–H groups in total. The lowest BCUT2D eigenvalue weighted by Crippen LogP contribution is -2.45. The Morgan fingerprint density at radius 1 is 1.35 bits per heavy atom. The van der Waals surface area contributed by atoms with Gasteiger partial charge in [-0.25, -0.2) is 0 Å². The van der Waals surface area contributed by atoms with E-state index in [0.717, 1.165) is 24.2 Å². The molecule has 2 aliphatic rings. The van der Waals surface area contributed by atoms with Gasteiger partial charge in [-0.3, -0.25) is 14.9 Å². The number of pyridine rings is 1. The summed E-state index contributed by atoms with van der Waals surface area (Å²) in [5.41, 5.74) is 2.29. The number of nitrogens with one attached hydrogen (secondary N) is 2. The molecule has 2 fully saturated rings. The summed E-state index contributed by atoms with van der Waals surface area (Å²) in [5.74, 6) is 0.883. The molecule has 5 heteroatoms. The van der Waals surface area contributed by atoms with Gasteiger partial charge >= 0.3 is 0 Å².